The van der Waals surface area contributed by atoms with Crippen molar-refractivity contribution in [2.24, 2.45) is 0 Å². The first-order chi connectivity index (χ1) is 6.75. The van der Waals surface area contributed by atoms with Crippen molar-refractivity contribution in [2.75, 3.05) is 13.2 Å². The van der Waals surface area contributed by atoms with Gasteiger partial charge in [-0.2, -0.15) is 0 Å². The van der Waals surface area contributed by atoms with Gasteiger partial charge in [0.15, 0.2) is 0 Å². The zero-order valence-corrected chi connectivity index (χ0v) is 8.33. The molecular weight excluding hydrogens is 202 g/mol. The van der Waals surface area contributed by atoms with Gasteiger partial charge in [-0.3, -0.25) is 0 Å². The van der Waals surface area contributed by atoms with Gasteiger partial charge in [-0.1, -0.05) is 23.7 Å². The molecule has 74 valence electrons. The number of hydrogen-bond donors (Lipinski definition) is 0. The fourth-order valence-corrected chi connectivity index (χ4v) is 1.51. The Morgan fingerprint density at radius 1 is 1.36 bits per heavy atom. The smallest absolute Gasteiger partial charge is 0.410 e. The Labute approximate surface area is 87.2 Å². The summed E-state index contributed by atoms with van der Waals surface area (Å²) in [6.07, 6.45) is -0.236. The molecule has 14 heavy (non-hydrogen) atoms. The summed E-state index contributed by atoms with van der Waals surface area (Å²) in [6, 6.07) is 7.46. The molecule has 1 heterocycles. The van der Waals surface area contributed by atoms with Crippen molar-refractivity contribution in [1.29, 1.82) is 0 Å². The Morgan fingerprint density at radius 2 is 2.07 bits per heavy atom. The van der Waals surface area contributed by atoms with Crippen LogP contribution in [0.2, 0.25) is 5.02 Å². The molecule has 0 aliphatic carbocycles. The molecule has 0 radical (unpaired) electrons. The highest BCUT2D eigenvalue weighted by Crippen LogP contribution is 2.13. The number of ether oxygens (including phenoxy) is 1. The van der Waals surface area contributed by atoms with Gasteiger partial charge in [-0.25, -0.2) is 4.79 Å². The first-order valence-electron chi connectivity index (χ1n) is 4.42. The Kier molecular flexibility index (Phi) is 2.59. The van der Waals surface area contributed by atoms with Gasteiger partial charge in [-0.15, -0.1) is 0 Å². The summed E-state index contributed by atoms with van der Waals surface area (Å²) < 4.78 is 4.82. The van der Waals surface area contributed by atoms with Crippen molar-refractivity contribution < 1.29 is 9.53 Å². The van der Waals surface area contributed by atoms with E-state index in [2.05, 4.69) is 0 Å². The maximum Gasteiger partial charge on any atom is 0.410 e. The minimum absolute atomic E-state index is 0.236. The SMILES string of the molecule is O=C1OCCN1Cc1ccc(Cl)cc1. The van der Waals surface area contributed by atoms with Gasteiger partial charge in [0.05, 0.1) is 6.54 Å². The van der Waals surface area contributed by atoms with E-state index in [0.717, 1.165) is 5.56 Å². The molecule has 0 spiro atoms. The fourth-order valence-electron chi connectivity index (χ4n) is 1.38. The van der Waals surface area contributed by atoms with Gasteiger partial charge >= 0.3 is 6.09 Å². The van der Waals surface area contributed by atoms with Crippen LogP contribution in [-0.4, -0.2) is 24.1 Å². The van der Waals surface area contributed by atoms with Gasteiger partial charge in [0.1, 0.15) is 6.61 Å². The van der Waals surface area contributed by atoms with Crippen LogP contribution in [0, 0.1) is 0 Å². The maximum absolute atomic E-state index is 11.1. The molecule has 0 atom stereocenters. The van der Waals surface area contributed by atoms with E-state index < -0.39 is 0 Å². The van der Waals surface area contributed by atoms with Gasteiger partial charge < -0.3 is 9.64 Å². The highest BCUT2D eigenvalue weighted by Gasteiger charge is 2.21. The van der Waals surface area contributed by atoms with E-state index in [4.69, 9.17) is 16.3 Å². The van der Waals surface area contributed by atoms with E-state index >= 15 is 0 Å². The number of carbonyl (C=O) groups excluding carboxylic acids is 1. The predicted molar refractivity (Wildman–Crippen MR) is 53.2 cm³/mol. The Balaban J connectivity index is 2.03. The number of halogens is 1. The third-order valence-electron chi connectivity index (χ3n) is 2.13. The Hall–Kier alpha value is -1.22. The third-order valence-corrected chi connectivity index (χ3v) is 2.38. The minimum atomic E-state index is -0.236. The van der Waals surface area contributed by atoms with Crippen LogP contribution in [0.5, 0.6) is 0 Å². The van der Waals surface area contributed by atoms with Crippen LogP contribution in [0.4, 0.5) is 4.79 Å². The summed E-state index contributed by atoms with van der Waals surface area (Å²) in [5.41, 5.74) is 1.06. The molecule has 3 nitrogen and oxygen atoms in total. The van der Waals surface area contributed by atoms with Gasteiger partial charge in [-0.05, 0) is 17.7 Å². The molecule has 1 aliphatic rings. The lowest BCUT2D eigenvalue weighted by atomic mass is 10.2. The molecule has 1 aromatic carbocycles. The van der Waals surface area contributed by atoms with Crippen molar-refractivity contribution in [3.05, 3.63) is 34.9 Å². The summed E-state index contributed by atoms with van der Waals surface area (Å²) in [6.45, 7) is 1.75. The largest absolute Gasteiger partial charge is 0.448 e. The molecule has 0 N–H and O–H groups in total. The second kappa shape index (κ2) is 3.88. The summed E-state index contributed by atoms with van der Waals surface area (Å²) in [7, 11) is 0. The van der Waals surface area contributed by atoms with Crippen LogP contribution in [0.15, 0.2) is 24.3 Å². The Bertz CT molecular complexity index is 336. The number of nitrogens with zero attached hydrogens (tertiary/aromatic N) is 1. The number of benzene rings is 1. The molecule has 0 bridgehead atoms. The second-order valence-corrected chi connectivity index (χ2v) is 3.60. The van der Waals surface area contributed by atoms with E-state index in [1.54, 1.807) is 4.90 Å². The van der Waals surface area contributed by atoms with Crippen molar-refractivity contribution in [3.8, 4) is 0 Å². The monoisotopic (exact) mass is 211 g/mol. The molecular formula is C10H10ClNO2. The molecule has 1 aromatic rings. The average Bonchev–Trinajstić information content (AvgIpc) is 2.56. The predicted octanol–water partition coefficient (Wildman–Crippen LogP) is 2.29. The van der Waals surface area contributed by atoms with Gasteiger partial charge in [0.2, 0.25) is 0 Å². The van der Waals surface area contributed by atoms with E-state index in [1.165, 1.54) is 0 Å². The molecule has 0 saturated carbocycles. The lowest BCUT2D eigenvalue weighted by molar-refractivity contribution is 0.157. The molecule has 1 fully saturated rings. The highest BCUT2D eigenvalue weighted by molar-refractivity contribution is 6.30. The van der Waals surface area contributed by atoms with E-state index in [9.17, 15) is 4.79 Å². The zero-order valence-electron chi connectivity index (χ0n) is 7.57. The fraction of sp³-hybridized carbons (Fsp3) is 0.300. The molecule has 0 unspecified atom stereocenters. The van der Waals surface area contributed by atoms with Crippen LogP contribution in [0.3, 0.4) is 0 Å². The summed E-state index contributed by atoms with van der Waals surface area (Å²) in [4.78, 5) is 12.8. The normalized spacial score (nSPS) is 15.8. The van der Waals surface area contributed by atoms with Crippen molar-refractivity contribution in [2.45, 2.75) is 6.54 Å². The van der Waals surface area contributed by atoms with Gasteiger partial charge in [0.25, 0.3) is 0 Å². The van der Waals surface area contributed by atoms with Crippen LogP contribution in [0.1, 0.15) is 5.56 Å². The van der Waals surface area contributed by atoms with E-state index in [0.29, 0.717) is 24.7 Å². The Morgan fingerprint density at radius 3 is 2.64 bits per heavy atom. The maximum atomic E-state index is 11.1. The number of carbonyl (C=O) groups is 1. The molecule has 1 saturated heterocycles. The first kappa shape index (κ1) is 9.34. The van der Waals surface area contributed by atoms with E-state index in [-0.39, 0.29) is 6.09 Å². The van der Waals surface area contributed by atoms with Crippen LogP contribution >= 0.6 is 11.6 Å². The van der Waals surface area contributed by atoms with Crippen molar-refractivity contribution >= 4 is 17.7 Å². The standard InChI is InChI=1S/C10H10ClNO2/c11-9-3-1-8(2-4-9)7-12-5-6-14-10(12)13/h1-4H,5-7H2. The third kappa shape index (κ3) is 1.99. The summed E-state index contributed by atoms with van der Waals surface area (Å²) >= 11 is 5.75. The number of amides is 1. The van der Waals surface area contributed by atoms with Crippen LogP contribution in [-0.2, 0) is 11.3 Å². The molecule has 2 rings (SSSR count). The second-order valence-electron chi connectivity index (χ2n) is 3.16. The molecule has 4 heteroatoms. The minimum Gasteiger partial charge on any atom is -0.448 e. The lowest BCUT2D eigenvalue weighted by Crippen LogP contribution is -2.23. The number of hydrogen-bond acceptors (Lipinski definition) is 2. The van der Waals surface area contributed by atoms with Crippen LogP contribution in [0.25, 0.3) is 0 Å². The molecule has 0 aromatic heterocycles. The summed E-state index contributed by atoms with van der Waals surface area (Å²) in [5, 5.41) is 0.706. The highest BCUT2D eigenvalue weighted by atomic mass is 35.5. The molecule has 1 amide bonds. The van der Waals surface area contributed by atoms with Crippen molar-refractivity contribution in [3.63, 3.8) is 0 Å². The molecule has 1 aliphatic heterocycles. The quantitative estimate of drug-likeness (QED) is 0.751. The lowest BCUT2D eigenvalue weighted by Gasteiger charge is -2.11. The number of rotatable bonds is 2. The average molecular weight is 212 g/mol. The van der Waals surface area contributed by atoms with E-state index in [1.807, 2.05) is 24.3 Å². The zero-order chi connectivity index (χ0) is 9.97. The van der Waals surface area contributed by atoms with Gasteiger partial charge in [0, 0.05) is 11.6 Å². The first-order valence-corrected chi connectivity index (χ1v) is 4.79. The topological polar surface area (TPSA) is 29.5 Å². The van der Waals surface area contributed by atoms with Crippen molar-refractivity contribution in [1.82, 2.24) is 4.90 Å². The van der Waals surface area contributed by atoms with Crippen LogP contribution < -0.4 is 0 Å². The summed E-state index contributed by atoms with van der Waals surface area (Å²) in [5.74, 6) is 0. The number of cyclic esters (lactones) is 1.